The molecule has 1 aliphatic rings. The molecule has 0 aliphatic carbocycles. The van der Waals surface area contributed by atoms with Crippen LogP contribution in [0.1, 0.15) is 5.56 Å². The van der Waals surface area contributed by atoms with Gasteiger partial charge in [-0.15, -0.1) is 11.3 Å². The molecule has 140 valence electrons. The van der Waals surface area contributed by atoms with Gasteiger partial charge in [-0.3, -0.25) is 0 Å². The summed E-state index contributed by atoms with van der Waals surface area (Å²) >= 11 is 1.75. The third-order valence-corrected chi connectivity index (χ3v) is 6.53. The normalized spacial score (nSPS) is 15.2. The average Bonchev–Trinajstić information content (AvgIpc) is 3.20. The number of quaternary nitrogens is 1. The lowest BCUT2D eigenvalue weighted by molar-refractivity contribution is -0.914. The van der Waals surface area contributed by atoms with Gasteiger partial charge in [0.15, 0.2) is 0 Å². The molecule has 4 aromatic rings. The fraction of sp³-hybridized carbons (Fsp3) is 0.217. The molecule has 0 spiro atoms. The SMILES string of the molecule is c1ccc(C[NH+]2CCN(c3ncnc4sc(-c5ccccc5)cc34)CC2)cc1. The molecule has 5 rings (SSSR count). The van der Waals surface area contributed by atoms with E-state index in [0.29, 0.717) is 0 Å². The highest BCUT2D eigenvalue weighted by Gasteiger charge is 2.23. The highest BCUT2D eigenvalue weighted by Crippen LogP contribution is 2.35. The van der Waals surface area contributed by atoms with Crippen molar-refractivity contribution in [3.8, 4) is 10.4 Å². The Kier molecular flexibility index (Phi) is 4.77. The predicted octanol–water partition coefficient (Wildman–Crippen LogP) is 3.26. The third kappa shape index (κ3) is 3.51. The van der Waals surface area contributed by atoms with E-state index in [4.69, 9.17) is 0 Å². The highest BCUT2D eigenvalue weighted by molar-refractivity contribution is 7.21. The summed E-state index contributed by atoms with van der Waals surface area (Å²) in [7, 11) is 0. The molecule has 2 aromatic heterocycles. The van der Waals surface area contributed by atoms with Gasteiger partial charge in [-0.05, 0) is 11.6 Å². The molecule has 1 fully saturated rings. The monoisotopic (exact) mass is 387 g/mol. The molecule has 28 heavy (non-hydrogen) atoms. The zero-order chi connectivity index (χ0) is 18.8. The first-order chi connectivity index (χ1) is 13.9. The summed E-state index contributed by atoms with van der Waals surface area (Å²) in [5.74, 6) is 1.09. The van der Waals surface area contributed by atoms with E-state index in [-0.39, 0.29) is 0 Å². The number of nitrogens with zero attached hydrogens (tertiary/aromatic N) is 3. The minimum absolute atomic E-state index is 1.03. The maximum absolute atomic E-state index is 4.66. The maximum Gasteiger partial charge on any atom is 0.141 e. The van der Waals surface area contributed by atoms with Gasteiger partial charge in [0, 0.05) is 10.4 Å². The summed E-state index contributed by atoms with van der Waals surface area (Å²) in [5.41, 5.74) is 2.66. The van der Waals surface area contributed by atoms with Crippen LogP contribution in [0.2, 0.25) is 0 Å². The van der Waals surface area contributed by atoms with Gasteiger partial charge in [0.25, 0.3) is 0 Å². The lowest BCUT2D eigenvalue weighted by Gasteiger charge is -2.33. The van der Waals surface area contributed by atoms with E-state index < -0.39 is 0 Å². The van der Waals surface area contributed by atoms with Crippen LogP contribution in [0, 0.1) is 0 Å². The number of piperazine rings is 1. The molecule has 0 atom stereocenters. The van der Waals surface area contributed by atoms with Crippen LogP contribution >= 0.6 is 11.3 Å². The first-order valence-corrected chi connectivity index (χ1v) is 10.6. The van der Waals surface area contributed by atoms with Gasteiger partial charge < -0.3 is 9.80 Å². The summed E-state index contributed by atoms with van der Waals surface area (Å²) in [5, 5.41) is 1.18. The van der Waals surface area contributed by atoms with Crippen molar-refractivity contribution >= 4 is 27.4 Å². The first kappa shape index (κ1) is 17.3. The molecule has 0 amide bonds. The number of benzene rings is 2. The number of hydrogen-bond donors (Lipinski definition) is 1. The van der Waals surface area contributed by atoms with Crippen LogP contribution < -0.4 is 9.80 Å². The number of anilines is 1. The molecule has 2 aromatic carbocycles. The van der Waals surface area contributed by atoms with Gasteiger partial charge in [0.2, 0.25) is 0 Å². The Morgan fingerprint density at radius 2 is 1.61 bits per heavy atom. The molecular formula is C23H23N4S+. The van der Waals surface area contributed by atoms with E-state index in [1.165, 1.54) is 21.4 Å². The third-order valence-electron chi connectivity index (χ3n) is 5.43. The van der Waals surface area contributed by atoms with Crippen molar-refractivity contribution in [3.63, 3.8) is 0 Å². The van der Waals surface area contributed by atoms with Gasteiger partial charge >= 0.3 is 0 Å². The van der Waals surface area contributed by atoms with Crippen LogP contribution in [0.15, 0.2) is 73.1 Å². The molecule has 5 heteroatoms. The number of nitrogens with one attached hydrogen (secondary N) is 1. The first-order valence-electron chi connectivity index (χ1n) is 9.79. The Hall–Kier alpha value is -2.76. The molecule has 1 N–H and O–H groups in total. The fourth-order valence-electron chi connectivity index (χ4n) is 3.94. The zero-order valence-corrected chi connectivity index (χ0v) is 16.5. The topological polar surface area (TPSA) is 33.5 Å². The lowest BCUT2D eigenvalue weighted by atomic mass is 10.1. The van der Waals surface area contributed by atoms with Gasteiger partial charge in [0.05, 0.1) is 31.6 Å². The summed E-state index contributed by atoms with van der Waals surface area (Å²) in [6.07, 6.45) is 1.71. The Morgan fingerprint density at radius 3 is 2.36 bits per heavy atom. The van der Waals surface area contributed by atoms with Crippen LogP contribution in [0.4, 0.5) is 5.82 Å². The van der Waals surface area contributed by atoms with E-state index in [2.05, 4.69) is 81.6 Å². The minimum Gasteiger partial charge on any atom is -0.345 e. The summed E-state index contributed by atoms with van der Waals surface area (Å²) in [6.45, 7) is 5.44. The van der Waals surface area contributed by atoms with Crippen LogP contribution in [0.3, 0.4) is 0 Å². The number of thiophene rings is 1. The van der Waals surface area contributed by atoms with Gasteiger partial charge in [0.1, 0.15) is 23.5 Å². The van der Waals surface area contributed by atoms with Crippen LogP contribution in [-0.2, 0) is 6.54 Å². The maximum atomic E-state index is 4.66. The zero-order valence-electron chi connectivity index (χ0n) is 15.7. The van der Waals surface area contributed by atoms with E-state index >= 15 is 0 Å². The van der Waals surface area contributed by atoms with Gasteiger partial charge in [-0.2, -0.15) is 0 Å². The molecule has 3 heterocycles. The molecule has 4 nitrogen and oxygen atoms in total. The fourth-order valence-corrected chi connectivity index (χ4v) is 4.93. The summed E-state index contributed by atoms with van der Waals surface area (Å²) in [4.78, 5) is 15.6. The smallest absolute Gasteiger partial charge is 0.141 e. The Labute approximate surface area is 169 Å². The number of hydrogen-bond acceptors (Lipinski definition) is 4. The average molecular weight is 388 g/mol. The summed E-state index contributed by atoms with van der Waals surface area (Å²) < 4.78 is 0. The largest absolute Gasteiger partial charge is 0.345 e. The summed E-state index contributed by atoms with van der Waals surface area (Å²) in [6, 6.07) is 23.6. The van der Waals surface area contributed by atoms with E-state index in [0.717, 1.165) is 43.4 Å². The van der Waals surface area contributed by atoms with Crippen molar-refractivity contribution < 1.29 is 4.90 Å². The van der Waals surface area contributed by atoms with Crippen LogP contribution in [0.5, 0.6) is 0 Å². The molecule has 0 saturated carbocycles. The lowest BCUT2D eigenvalue weighted by Crippen LogP contribution is -3.13. The van der Waals surface area contributed by atoms with E-state index in [9.17, 15) is 0 Å². The van der Waals surface area contributed by atoms with Crippen molar-refractivity contribution in [1.29, 1.82) is 0 Å². The van der Waals surface area contributed by atoms with Gasteiger partial charge in [-0.1, -0.05) is 60.7 Å². The molecule has 0 bridgehead atoms. The molecule has 1 aliphatic heterocycles. The second kappa shape index (κ2) is 7.70. The van der Waals surface area contributed by atoms with Crippen molar-refractivity contribution in [2.24, 2.45) is 0 Å². The van der Waals surface area contributed by atoms with Crippen molar-refractivity contribution in [3.05, 3.63) is 78.6 Å². The quantitative estimate of drug-likeness (QED) is 0.584. The Morgan fingerprint density at radius 1 is 0.893 bits per heavy atom. The van der Waals surface area contributed by atoms with Crippen molar-refractivity contribution in [2.75, 3.05) is 31.1 Å². The number of fused-ring (bicyclic) bond motifs is 1. The second-order valence-corrected chi connectivity index (χ2v) is 8.32. The molecule has 0 unspecified atom stereocenters. The molecule has 1 saturated heterocycles. The van der Waals surface area contributed by atoms with Crippen molar-refractivity contribution in [2.45, 2.75) is 6.54 Å². The van der Waals surface area contributed by atoms with E-state index in [1.54, 1.807) is 22.6 Å². The predicted molar refractivity (Wildman–Crippen MR) is 116 cm³/mol. The van der Waals surface area contributed by atoms with Crippen LogP contribution in [0.25, 0.3) is 20.7 Å². The van der Waals surface area contributed by atoms with Crippen LogP contribution in [-0.4, -0.2) is 36.1 Å². The second-order valence-electron chi connectivity index (χ2n) is 7.29. The highest BCUT2D eigenvalue weighted by atomic mass is 32.1. The minimum atomic E-state index is 1.03. The standard InChI is InChI=1S/C23H22N4S/c1-3-7-18(8-4-1)16-26-11-13-27(14-12-26)22-20-15-21(19-9-5-2-6-10-19)28-23(20)25-17-24-22/h1-10,15,17H,11-14,16H2/p+1. The number of aromatic nitrogens is 2. The Balaban J connectivity index is 1.35. The van der Waals surface area contributed by atoms with E-state index in [1.807, 2.05) is 0 Å². The van der Waals surface area contributed by atoms with Gasteiger partial charge in [-0.25, -0.2) is 9.97 Å². The molecular weight excluding hydrogens is 364 g/mol. The Bertz CT molecular complexity index is 1050. The van der Waals surface area contributed by atoms with Crippen molar-refractivity contribution in [1.82, 2.24) is 9.97 Å². The number of rotatable bonds is 4. The molecule has 0 radical (unpaired) electrons.